The lowest BCUT2D eigenvalue weighted by atomic mass is 10.0. The number of alkyl halides is 1. The van der Waals surface area contributed by atoms with E-state index in [4.69, 9.17) is 86.0 Å². The Kier molecular flexibility index (Phi) is 18.1. The van der Waals surface area contributed by atoms with E-state index in [1.54, 1.807) is 78.9 Å². The highest BCUT2D eigenvalue weighted by atomic mass is 35.5. The van der Waals surface area contributed by atoms with E-state index in [9.17, 15) is 14.7 Å². The van der Waals surface area contributed by atoms with Crippen LogP contribution in [0.5, 0.6) is 34.8 Å². The number of rotatable bonds is 14. The first kappa shape index (κ1) is 56.9. The van der Waals surface area contributed by atoms with E-state index < -0.39 is 11.9 Å². The minimum absolute atomic E-state index is 0. The van der Waals surface area contributed by atoms with Crippen LogP contribution in [0.1, 0.15) is 88.3 Å². The molecule has 0 bridgehead atoms. The first-order valence-corrected chi connectivity index (χ1v) is 26.7. The number of hydrogen-bond acceptors (Lipinski definition) is 14. The van der Waals surface area contributed by atoms with Gasteiger partial charge in [0.25, 0.3) is 0 Å². The number of nitrogens with zero attached hydrogens (tertiary/aromatic N) is 4. The Morgan fingerprint density at radius 2 is 1.02 bits per heavy atom. The third-order valence-corrected chi connectivity index (χ3v) is 14.4. The summed E-state index contributed by atoms with van der Waals surface area (Å²) in [6.45, 7) is 0.254. The number of aromatic nitrogens is 4. The molecule has 2 saturated carbocycles. The molecule has 4 aromatic heterocycles. The lowest BCUT2D eigenvalue weighted by molar-refractivity contribution is 0.0591. The zero-order valence-electron chi connectivity index (χ0n) is 42.1. The highest BCUT2D eigenvalue weighted by molar-refractivity contribution is 6.40. The van der Waals surface area contributed by atoms with Crippen molar-refractivity contribution in [3.05, 3.63) is 200 Å². The summed E-state index contributed by atoms with van der Waals surface area (Å²) in [6, 6.07) is 39.2. The highest BCUT2D eigenvalue weighted by Crippen LogP contribution is 2.48. The number of phenolic OH excluding ortho intramolecular Hbond substituents is 1. The molecule has 0 atom stereocenters. The molecule has 19 heteroatoms. The standard InChI is InChI=1S/C30H22Cl2N2O5.C17H13NO4.C13H10Cl3NO.CH4/c1-36-30(35)19-10-13-26(33-15-19)38-25-7-2-4-18-14-20(11-12-21(18)25)37-16-22-28(34-39-29(22)17-8-9-17)27-23(31)5-3-6-24(27)32;1-21-17(20)12-5-8-16(18-10-12)22-15-4-2-3-11-9-13(19)6-7-14(11)15;14-6-8-12(17-18-13(8)7-4-5-7)11-9(15)2-1-3-10(11)16;/h2-7,10-15,17H,8-9,16H2,1H3;2-10,19H,1H3;1-3,7H,4-6H2;1H4. The number of benzene rings is 6. The fourth-order valence-corrected chi connectivity index (χ4v) is 9.98. The Bertz CT molecular complexity index is 3810. The minimum atomic E-state index is -0.454. The maximum Gasteiger partial charge on any atom is 0.339 e. The van der Waals surface area contributed by atoms with Crippen molar-refractivity contribution in [2.75, 3.05) is 14.2 Å². The zero-order chi connectivity index (χ0) is 55.2. The third kappa shape index (κ3) is 12.9. The number of ether oxygens (including phenoxy) is 5. The van der Waals surface area contributed by atoms with Crippen LogP contribution in [0.4, 0.5) is 0 Å². The fourth-order valence-electron chi connectivity index (χ4n) is 8.57. The van der Waals surface area contributed by atoms with Crippen LogP contribution in [0.2, 0.25) is 20.1 Å². The molecule has 0 saturated heterocycles. The smallest absolute Gasteiger partial charge is 0.339 e. The second-order valence-corrected chi connectivity index (χ2v) is 20.1. The molecule has 6 aromatic carbocycles. The lowest BCUT2D eigenvalue weighted by Crippen LogP contribution is -2.01. The first-order chi connectivity index (χ1) is 38.4. The first-order valence-electron chi connectivity index (χ1n) is 24.6. The average molecular weight is 1180 g/mol. The number of hydrogen-bond donors (Lipinski definition) is 1. The van der Waals surface area contributed by atoms with Crippen molar-refractivity contribution in [1.29, 1.82) is 0 Å². The van der Waals surface area contributed by atoms with Crippen molar-refractivity contribution in [3.63, 3.8) is 0 Å². The van der Waals surface area contributed by atoms with Crippen molar-refractivity contribution in [2.45, 2.75) is 57.4 Å². The molecular formula is C61H49Cl5N4O10. The second kappa shape index (κ2) is 25.5. The number of esters is 2. The molecule has 0 unspecified atom stereocenters. The summed E-state index contributed by atoms with van der Waals surface area (Å²) >= 11 is 31.4. The summed E-state index contributed by atoms with van der Waals surface area (Å²) in [6.07, 6.45) is 7.19. The quantitative estimate of drug-likeness (QED) is 0.0803. The monoisotopic (exact) mass is 1170 g/mol. The summed E-state index contributed by atoms with van der Waals surface area (Å²) in [7, 11) is 2.64. The molecule has 10 aromatic rings. The van der Waals surface area contributed by atoms with Crippen LogP contribution in [0.3, 0.4) is 0 Å². The fraction of sp³-hybridized carbons (Fsp3) is 0.180. The van der Waals surface area contributed by atoms with E-state index in [0.717, 1.165) is 69.9 Å². The number of fused-ring (bicyclic) bond motifs is 2. The Morgan fingerprint density at radius 3 is 1.48 bits per heavy atom. The van der Waals surface area contributed by atoms with E-state index in [2.05, 4.69) is 25.0 Å². The SMILES string of the molecule is C.COC(=O)c1ccc(Oc2cccc3cc(O)ccc23)nc1.COC(=O)c1ccc(Oc2cccc3cc(OCc4c(-c5c(Cl)cccc5Cl)noc4C4CC4)ccc23)nc1.ClCc1c(-c2c(Cl)cccc2Cl)noc1C1CC1. The van der Waals surface area contributed by atoms with Gasteiger partial charge in [-0.15, -0.1) is 11.6 Å². The molecule has 0 aliphatic heterocycles. The van der Waals surface area contributed by atoms with Crippen LogP contribution in [0.25, 0.3) is 44.1 Å². The number of aromatic hydroxyl groups is 1. The predicted molar refractivity (Wildman–Crippen MR) is 309 cm³/mol. The molecule has 408 valence electrons. The number of carbonyl (C=O) groups is 2. The Balaban J connectivity index is 0.000000159. The van der Waals surface area contributed by atoms with Crippen LogP contribution in [0, 0.1) is 0 Å². The van der Waals surface area contributed by atoms with Crippen molar-refractivity contribution in [1.82, 2.24) is 20.3 Å². The maximum absolute atomic E-state index is 11.7. The van der Waals surface area contributed by atoms with Crippen LogP contribution in [-0.2, 0) is 22.0 Å². The third-order valence-electron chi connectivity index (χ3n) is 12.8. The summed E-state index contributed by atoms with van der Waals surface area (Å²) in [4.78, 5) is 31.3. The molecule has 0 radical (unpaired) electrons. The van der Waals surface area contributed by atoms with Gasteiger partial charge in [0, 0.05) is 63.8 Å². The van der Waals surface area contributed by atoms with Crippen molar-refractivity contribution >= 4 is 91.5 Å². The van der Waals surface area contributed by atoms with Gasteiger partial charge in [-0.3, -0.25) is 0 Å². The van der Waals surface area contributed by atoms with Crippen LogP contribution in [-0.4, -0.2) is 51.5 Å². The molecule has 4 heterocycles. The number of pyridine rings is 2. The van der Waals surface area contributed by atoms with Gasteiger partial charge in [-0.2, -0.15) is 0 Å². The summed E-state index contributed by atoms with van der Waals surface area (Å²) in [5.41, 5.74) is 5.09. The number of methoxy groups -OCH3 is 2. The number of phenols is 1. The number of carbonyl (C=O) groups excluding carboxylic acids is 2. The van der Waals surface area contributed by atoms with Gasteiger partial charge >= 0.3 is 11.9 Å². The van der Waals surface area contributed by atoms with Gasteiger partial charge in [0.2, 0.25) is 11.8 Å². The summed E-state index contributed by atoms with van der Waals surface area (Å²) in [5.74, 6) is 4.81. The average Bonchev–Trinajstić information content (AvgIpc) is 4.49. The zero-order valence-corrected chi connectivity index (χ0v) is 45.8. The van der Waals surface area contributed by atoms with Gasteiger partial charge in [0.05, 0.1) is 56.9 Å². The summed E-state index contributed by atoms with van der Waals surface area (Å²) in [5, 5.41) is 23.6. The molecule has 80 heavy (non-hydrogen) atoms. The molecule has 2 aliphatic rings. The van der Waals surface area contributed by atoms with Gasteiger partial charge in [-0.25, -0.2) is 19.6 Å². The van der Waals surface area contributed by atoms with Gasteiger partial charge < -0.3 is 37.8 Å². The molecule has 1 N–H and O–H groups in total. The minimum Gasteiger partial charge on any atom is -0.508 e. The molecule has 0 spiro atoms. The van der Waals surface area contributed by atoms with E-state index in [1.807, 2.05) is 54.6 Å². The molecule has 12 rings (SSSR count). The lowest BCUT2D eigenvalue weighted by Gasteiger charge is -2.12. The molecular weight excluding hydrogens is 1130 g/mol. The van der Waals surface area contributed by atoms with Gasteiger partial charge in [0.15, 0.2) is 0 Å². The van der Waals surface area contributed by atoms with E-state index in [1.165, 1.54) is 26.6 Å². The molecule has 0 amide bonds. The summed E-state index contributed by atoms with van der Waals surface area (Å²) < 4.78 is 38.5. The van der Waals surface area contributed by atoms with E-state index in [-0.39, 0.29) is 19.8 Å². The van der Waals surface area contributed by atoms with Gasteiger partial charge in [-0.1, -0.05) is 101 Å². The topological polar surface area (TPSA) is 178 Å². The van der Waals surface area contributed by atoms with Gasteiger partial charge in [0.1, 0.15) is 52.5 Å². The van der Waals surface area contributed by atoms with Crippen LogP contribution < -0.4 is 14.2 Å². The van der Waals surface area contributed by atoms with Crippen molar-refractivity contribution < 1.29 is 47.4 Å². The Hall–Kier alpha value is -7.85. The molecule has 14 nitrogen and oxygen atoms in total. The van der Waals surface area contributed by atoms with Crippen molar-refractivity contribution in [2.24, 2.45) is 0 Å². The highest BCUT2D eigenvalue weighted by Gasteiger charge is 2.35. The predicted octanol–water partition coefficient (Wildman–Crippen LogP) is 17.7. The molecule has 2 fully saturated rings. The van der Waals surface area contributed by atoms with E-state index >= 15 is 0 Å². The molecule has 2 aliphatic carbocycles. The van der Waals surface area contributed by atoms with Crippen molar-refractivity contribution in [3.8, 4) is 57.3 Å². The Morgan fingerprint density at radius 1 is 0.575 bits per heavy atom. The van der Waals surface area contributed by atoms with Crippen LogP contribution in [0.15, 0.2) is 155 Å². The second-order valence-electron chi connectivity index (χ2n) is 18.2. The van der Waals surface area contributed by atoms with Crippen LogP contribution >= 0.6 is 58.0 Å². The Labute approximate surface area is 485 Å². The maximum atomic E-state index is 11.7. The normalized spacial score (nSPS) is 12.5. The van der Waals surface area contributed by atoms with Gasteiger partial charge in [-0.05, 0) is 121 Å². The largest absolute Gasteiger partial charge is 0.508 e. The van der Waals surface area contributed by atoms with E-state index in [0.29, 0.717) is 100 Å². The number of halogens is 5.